The summed E-state index contributed by atoms with van der Waals surface area (Å²) in [7, 11) is 0. The van der Waals surface area contributed by atoms with Gasteiger partial charge >= 0.3 is 0 Å². The van der Waals surface area contributed by atoms with E-state index in [9.17, 15) is 0 Å². The van der Waals surface area contributed by atoms with Crippen LogP contribution in [0.4, 0.5) is 0 Å². The molecule has 1 aromatic rings. The van der Waals surface area contributed by atoms with Crippen molar-refractivity contribution in [2.75, 3.05) is 0 Å². The van der Waals surface area contributed by atoms with E-state index < -0.39 is 0 Å². The van der Waals surface area contributed by atoms with E-state index in [4.69, 9.17) is 5.11 Å². The highest BCUT2D eigenvalue weighted by Gasteiger charge is 2.18. The van der Waals surface area contributed by atoms with Crippen molar-refractivity contribution in [1.29, 1.82) is 0 Å². The maximum atomic E-state index is 9.05. The Bertz CT molecular complexity index is 275. The molecule has 1 aromatic heterocycles. The highest BCUT2D eigenvalue weighted by Crippen LogP contribution is 2.27. The normalized spacial score (nSPS) is 15.5. The Kier molecular flexibility index (Phi) is 1.50. The van der Waals surface area contributed by atoms with Gasteiger partial charge in [0.05, 0.1) is 6.61 Å². The molecule has 0 bridgehead atoms. The van der Waals surface area contributed by atoms with Crippen molar-refractivity contribution in [3.05, 3.63) is 22.5 Å². The summed E-state index contributed by atoms with van der Waals surface area (Å²) >= 11 is 0. The van der Waals surface area contributed by atoms with E-state index in [0.29, 0.717) is 0 Å². The zero-order chi connectivity index (χ0) is 7.84. The molecule has 2 heteroatoms. The van der Waals surface area contributed by atoms with Crippen LogP contribution in [0.25, 0.3) is 0 Å². The van der Waals surface area contributed by atoms with Gasteiger partial charge in [-0.15, -0.1) is 0 Å². The smallest absolute Gasteiger partial charge is 0.0702 e. The third-order valence-corrected chi connectivity index (χ3v) is 2.53. The zero-order valence-corrected chi connectivity index (χ0v) is 6.78. The quantitative estimate of drug-likeness (QED) is 0.623. The molecular weight excluding hydrogens is 138 g/mol. The fourth-order valence-corrected chi connectivity index (χ4v) is 1.96. The van der Waals surface area contributed by atoms with Gasteiger partial charge in [0.1, 0.15) is 0 Å². The molecule has 0 saturated heterocycles. The number of fused-ring (bicyclic) bond motifs is 1. The van der Waals surface area contributed by atoms with E-state index in [0.717, 1.165) is 24.1 Å². The minimum atomic E-state index is 0.192. The van der Waals surface area contributed by atoms with Crippen molar-refractivity contribution in [3.8, 4) is 0 Å². The summed E-state index contributed by atoms with van der Waals surface area (Å²) in [4.78, 5) is 3.32. The summed E-state index contributed by atoms with van der Waals surface area (Å²) in [5.74, 6) is 0. The maximum absolute atomic E-state index is 9.05. The van der Waals surface area contributed by atoms with E-state index in [1.54, 1.807) is 0 Å². The fraction of sp³-hybridized carbons (Fsp3) is 0.556. The van der Waals surface area contributed by atoms with Crippen molar-refractivity contribution < 1.29 is 5.11 Å². The average Bonchev–Trinajstić information content (AvgIpc) is 2.46. The minimum Gasteiger partial charge on any atom is -0.392 e. The van der Waals surface area contributed by atoms with Crippen LogP contribution in [0.3, 0.4) is 0 Å². The number of aromatic nitrogens is 1. The standard InChI is InChI=1S/C9H13NO/c1-6-8(5-11)7-3-2-4-9(7)10-6/h10-11H,2-5H2,1H3. The number of aromatic amines is 1. The topological polar surface area (TPSA) is 36.0 Å². The van der Waals surface area contributed by atoms with Gasteiger partial charge in [-0.2, -0.15) is 0 Å². The van der Waals surface area contributed by atoms with Gasteiger partial charge in [-0.25, -0.2) is 0 Å². The summed E-state index contributed by atoms with van der Waals surface area (Å²) in [5, 5.41) is 9.05. The number of aliphatic hydroxyl groups excluding tert-OH is 1. The van der Waals surface area contributed by atoms with E-state index in [-0.39, 0.29) is 6.61 Å². The molecule has 0 aliphatic heterocycles. The average molecular weight is 151 g/mol. The molecule has 11 heavy (non-hydrogen) atoms. The summed E-state index contributed by atoms with van der Waals surface area (Å²) in [6, 6.07) is 0. The first-order chi connectivity index (χ1) is 5.33. The van der Waals surface area contributed by atoms with Gasteiger partial charge in [0.25, 0.3) is 0 Å². The van der Waals surface area contributed by atoms with Gasteiger partial charge in [0.15, 0.2) is 0 Å². The Labute approximate surface area is 66.3 Å². The molecule has 0 radical (unpaired) electrons. The zero-order valence-electron chi connectivity index (χ0n) is 6.78. The van der Waals surface area contributed by atoms with Crippen molar-refractivity contribution in [3.63, 3.8) is 0 Å². The van der Waals surface area contributed by atoms with Crippen LogP contribution in [-0.4, -0.2) is 10.1 Å². The van der Waals surface area contributed by atoms with Gasteiger partial charge in [-0.3, -0.25) is 0 Å². The Morgan fingerprint density at radius 2 is 2.27 bits per heavy atom. The van der Waals surface area contributed by atoms with E-state index >= 15 is 0 Å². The molecule has 0 saturated carbocycles. The second kappa shape index (κ2) is 2.38. The third-order valence-electron chi connectivity index (χ3n) is 2.53. The second-order valence-electron chi connectivity index (χ2n) is 3.20. The monoisotopic (exact) mass is 151 g/mol. The first-order valence-electron chi connectivity index (χ1n) is 4.13. The number of H-pyrrole nitrogens is 1. The Balaban J connectivity index is 2.52. The van der Waals surface area contributed by atoms with E-state index in [2.05, 4.69) is 4.98 Å². The summed E-state index contributed by atoms with van der Waals surface area (Å²) < 4.78 is 0. The second-order valence-corrected chi connectivity index (χ2v) is 3.20. The van der Waals surface area contributed by atoms with Gasteiger partial charge < -0.3 is 10.1 Å². The molecule has 60 valence electrons. The molecule has 1 heterocycles. The molecule has 2 nitrogen and oxygen atoms in total. The molecule has 2 N–H and O–H groups in total. The van der Waals surface area contributed by atoms with Gasteiger partial charge in [0, 0.05) is 17.0 Å². The number of aryl methyl sites for hydroxylation is 2. The highest BCUT2D eigenvalue weighted by molar-refractivity contribution is 5.38. The number of hydrogen-bond acceptors (Lipinski definition) is 1. The number of aliphatic hydroxyl groups is 1. The van der Waals surface area contributed by atoms with Crippen molar-refractivity contribution in [1.82, 2.24) is 4.98 Å². The van der Waals surface area contributed by atoms with E-state index in [1.807, 2.05) is 6.92 Å². The third kappa shape index (κ3) is 0.897. The van der Waals surface area contributed by atoms with Crippen LogP contribution in [-0.2, 0) is 19.4 Å². The predicted molar refractivity (Wildman–Crippen MR) is 43.5 cm³/mol. The van der Waals surface area contributed by atoms with Crippen LogP contribution in [0.1, 0.15) is 28.9 Å². The minimum absolute atomic E-state index is 0.192. The largest absolute Gasteiger partial charge is 0.392 e. The highest BCUT2D eigenvalue weighted by atomic mass is 16.3. The van der Waals surface area contributed by atoms with Crippen LogP contribution in [0, 0.1) is 6.92 Å². The molecule has 0 atom stereocenters. The molecule has 0 aromatic carbocycles. The van der Waals surface area contributed by atoms with Crippen molar-refractivity contribution in [2.45, 2.75) is 32.8 Å². The lowest BCUT2D eigenvalue weighted by Crippen LogP contribution is -1.88. The molecular formula is C9H13NO. The molecule has 0 fully saturated rings. The molecule has 0 spiro atoms. The lowest BCUT2D eigenvalue weighted by atomic mass is 10.1. The van der Waals surface area contributed by atoms with Crippen LogP contribution in [0.15, 0.2) is 0 Å². The number of nitrogens with one attached hydrogen (secondary N) is 1. The molecule has 1 aliphatic carbocycles. The summed E-state index contributed by atoms with van der Waals surface area (Å²) in [6.45, 7) is 2.22. The van der Waals surface area contributed by atoms with Crippen LogP contribution < -0.4 is 0 Å². The molecule has 0 amide bonds. The summed E-state index contributed by atoms with van der Waals surface area (Å²) in [5.41, 5.74) is 5.02. The van der Waals surface area contributed by atoms with Crippen molar-refractivity contribution in [2.24, 2.45) is 0 Å². The van der Waals surface area contributed by atoms with Gasteiger partial charge in [-0.05, 0) is 31.7 Å². The molecule has 0 unspecified atom stereocenters. The van der Waals surface area contributed by atoms with Crippen LogP contribution in [0.2, 0.25) is 0 Å². The predicted octanol–water partition coefficient (Wildman–Crippen LogP) is 1.30. The summed E-state index contributed by atoms with van der Waals surface area (Å²) in [6.07, 6.45) is 3.56. The lowest BCUT2D eigenvalue weighted by Gasteiger charge is -1.96. The first kappa shape index (κ1) is 6.92. The number of rotatable bonds is 1. The van der Waals surface area contributed by atoms with Gasteiger partial charge in [0.2, 0.25) is 0 Å². The Hall–Kier alpha value is -0.760. The van der Waals surface area contributed by atoms with E-state index in [1.165, 1.54) is 17.7 Å². The fourth-order valence-electron chi connectivity index (χ4n) is 1.96. The number of hydrogen-bond donors (Lipinski definition) is 2. The van der Waals surface area contributed by atoms with Crippen molar-refractivity contribution >= 4 is 0 Å². The molecule has 2 rings (SSSR count). The molecule has 1 aliphatic rings. The van der Waals surface area contributed by atoms with Crippen LogP contribution >= 0.6 is 0 Å². The SMILES string of the molecule is Cc1[nH]c2c(c1CO)CCC2. The van der Waals surface area contributed by atoms with Gasteiger partial charge in [-0.1, -0.05) is 0 Å². The maximum Gasteiger partial charge on any atom is 0.0702 e. The Morgan fingerprint density at radius 1 is 1.45 bits per heavy atom. The Morgan fingerprint density at radius 3 is 3.00 bits per heavy atom. The first-order valence-corrected chi connectivity index (χ1v) is 4.13. The van der Waals surface area contributed by atoms with Crippen LogP contribution in [0.5, 0.6) is 0 Å². The lowest BCUT2D eigenvalue weighted by molar-refractivity contribution is 0.280.